The first-order chi connectivity index (χ1) is 8.31. The summed E-state index contributed by atoms with van der Waals surface area (Å²) in [5.74, 6) is 0.647. The quantitative estimate of drug-likeness (QED) is 0.872. The minimum absolute atomic E-state index is 0.396. The van der Waals surface area contributed by atoms with Crippen LogP contribution in [-0.2, 0) is 4.74 Å². The first-order valence-corrected chi connectivity index (χ1v) is 6.11. The number of aromatic nitrogens is 1. The topological polar surface area (TPSA) is 43.4 Å². The van der Waals surface area contributed by atoms with Crippen molar-refractivity contribution < 1.29 is 9.47 Å². The molecule has 94 valence electrons. The minimum Gasteiger partial charge on any atom is -0.481 e. The van der Waals surface area contributed by atoms with Gasteiger partial charge in [0.1, 0.15) is 0 Å². The Morgan fingerprint density at radius 1 is 1.29 bits per heavy atom. The van der Waals surface area contributed by atoms with Gasteiger partial charge in [-0.3, -0.25) is 0 Å². The van der Waals surface area contributed by atoms with Crippen molar-refractivity contribution in [1.29, 1.82) is 0 Å². The van der Waals surface area contributed by atoms with Crippen molar-refractivity contribution in [3.8, 4) is 5.88 Å². The second kappa shape index (κ2) is 5.87. The fourth-order valence-electron chi connectivity index (χ4n) is 2.31. The number of nitrogens with one attached hydrogen (secondary N) is 1. The molecule has 1 heterocycles. The summed E-state index contributed by atoms with van der Waals surface area (Å²) < 4.78 is 10.5. The van der Waals surface area contributed by atoms with Crippen LogP contribution in [0.25, 0.3) is 0 Å². The van der Waals surface area contributed by atoms with Crippen LogP contribution in [0.2, 0.25) is 0 Å². The van der Waals surface area contributed by atoms with E-state index in [2.05, 4.69) is 10.3 Å². The first kappa shape index (κ1) is 12.2. The van der Waals surface area contributed by atoms with Gasteiger partial charge in [0.25, 0.3) is 0 Å². The monoisotopic (exact) mass is 236 g/mol. The molecular formula is C13H20N2O2. The fraction of sp³-hybridized carbons (Fsp3) is 0.615. The molecule has 0 bridgehead atoms. The Balaban J connectivity index is 1.90. The van der Waals surface area contributed by atoms with Gasteiger partial charge in [-0.05, 0) is 31.7 Å². The highest BCUT2D eigenvalue weighted by atomic mass is 16.5. The van der Waals surface area contributed by atoms with E-state index in [0.29, 0.717) is 18.0 Å². The largest absolute Gasteiger partial charge is 0.481 e. The van der Waals surface area contributed by atoms with E-state index in [0.717, 1.165) is 12.1 Å². The third kappa shape index (κ3) is 3.33. The maximum absolute atomic E-state index is 5.42. The second-order valence-corrected chi connectivity index (χ2v) is 4.45. The third-order valence-electron chi connectivity index (χ3n) is 3.28. The molecule has 1 aromatic heterocycles. The molecule has 4 nitrogen and oxygen atoms in total. The van der Waals surface area contributed by atoms with Crippen molar-refractivity contribution in [3.05, 3.63) is 18.3 Å². The van der Waals surface area contributed by atoms with Crippen molar-refractivity contribution in [2.24, 2.45) is 0 Å². The molecule has 1 aromatic rings. The summed E-state index contributed by atoms with van der Waals surface area (Å²) in [7, 11) is 3.42. The normalized spacial score (nSPS) is 24.4. The van der Waals surface area contributed by atoms with Crippen LogP contribution in [-0.4, -0.2) is 31.3 Å². The molecule has 0 saturated heterocycles. The number of methoxy groups -OCH3 is 2. The van der Waals surface area contributed by atoms with Gasteiger partial charge in [-0.15, -0.1) is 0 Å². The fourth-order valence-corrected chi connectivity index (χ4v) is 2.31. The van der Waals surface area contributed by atoms with Crippen LogP contribution in [0.3, 0.4) is 0 Å². The number of hydrogen-bond acceptors (Lipinski definition) is 4. The smallest absolute Gasteiger partial charge is 0.213 e. The summed E-state index contributed by atoms with van der Waals surface area (Å²) in [5, 5.41) is 3.50. The van der Waals surface area contributed by atoms with Crippen LogP contribution in [0, 0.1) is 0 Å². The van der Waals surface area contributed by atoms with Gasteiger partial charge >= 0.3 is 0 Å². The maximum atomic E-state index is 5.42. The van der Waals surface area contributed by atoms with E-state index in [-0.39, 0.29) is 0 Å². The Bertz CT molecular complexity index is 340. The average molecular weight is 236 g/mol. The van der Waals surface area contributed by atoms with Gasteiger partial charge in [-0.25, -0.2) is 4.98 Å². The summed E-state index contributed by atoms with van der Waals surface area (Å²) in [4.78, 5) is 4.19. The Morgan fingerprint density at radius 3 is 2.82 bits per heavy atom. The van der Waals surface area contributed by atoms with Gasteiger partial charge in [0, 0.05) is 19.2 Å². The molecule has 17 heavy (non-hydrogen) atoms. The number of anilines is 1. The molecule has 0 radical (unpaired) electrons. The maximum Gasteiger partial charge on any atom is 0.213 e. The third-order valence-corrected chi connectivity index (χ3v) is 3.28. The van der Waals surface area contributed by atoms with Crippen LogP contribution in [0.4, 0.5) is 5.69 Å². The van der Waals surface area contributed by atoms with E-state index in [1.807, 2.05) is 18.3 Å². The highest BCUT2D eigenvalue weighted by Gasteiger charge is 2.21. The Labute approximate surface area is 102 Å². The molecular weight excluding hydrogens is 216 g/mol. The van der Waals surface area contributed by atoms with Crippen molar-refractivity contribution in [2.75, 3.05) is 19.5 Å². The van der Waals surface area contributed by atoms with Gasteiger partial charge in [0.05, 0.1) is 25.1 Å². The molecule has 0 aliphatic heterocycles. The molecule has 1 saturated carbocycles. The number of pyridine rings is 1. The zero-order valence-electron chi connectivity index (χ0n) is 10.5. The lowest BCUT2D eigenvalue weighted by Gasteiger charge is -2.29. The van der Waals surface area contributed by atoms with E-state index < -0.39 is 0 Å². The van der Waals surface area contributed by atoms with Crippen LogP contribution in [0.1, 0.15) is 25.7 Å². The van der Waals surface area contributed by atoms with E-state index >= 15 is 0 Å². The standard InChI is InChI=1S/C13H20N2O2/c1-16-12-5-3-4-10(8-12)15-11-6-7-13(17-2)14-9-11/h6-7,9-10,12,15H,3-5,8H2,1-2H3. The van der Waals surface area contributed by atoms with E-state index in [9.17, 15) is 0 Å². The summed E-state index contributed by atoms with van der Waals surface area (Å²) in [6, 6.07) is 4.37. The highest BCUT2D eigenvalue weighted by molar-refractivity contribution is 5.43. The molecule has 2 rings (SSSR count). The molecule has 1 fully saturated rings. The Morgan fingerprint density at radius 2 is 2.18 bits per heavy atom. The molecule has 0 spiro atoms. The second-order valence-electron chi connectivity index (χ2n) is 4.45. The Hall–Kier alpha value is -1.29. The molecule has 4 heteroatoms. The molecule has 1 N–H and O–H groups in total. The molecule has 0 aromatic carbocycles. The molecule has 0 amide bonds. The predicted molar refractivity (Wildman–Crippen MR) is 67.5 cm³/mol. The van der Waals surface area contributed by atoms with Crippen molar-refractivity contribution in [2.45, 2.75) is 37.8 Å². The van der Waals surface area contributed by atoms with Gasteiger partial charge in [-0.2, -0.15) is 0 Å². The SMILES string of the molecule is COc1ccc(NC2CCCC(OC)C2)cn1. The van der Waals surface area contributed by atoms with Gasteiger partial charge in [-0.1, -0.05) is 0 Å². The van der Waals surface area contributed by atoms with Crippen molar-refractivity contribution >= 4 is 5.69 Å². The zero-order valence-corrected chi connectivity index (χ0v) is 10.5. The first-order valence-electron chi connectivity index (χ1n) is 6.11. The lowest BCUT2D eigenvalue weighted by atomic mass is 9.93. The predicted octanol–water partition coefficient (Wildman–Crippen LogP) is 2.46. The number of hydrogen-bond donors (Lipinski definition) is 1. The summed E-state index contributed by atoms with van der Waals surface area (Å²) in [6.07, 6.45) is 6.88. The molecule has 1 aliphatic rings. The van der Waals surface area contributed by atoms with Crippen molar-refractivity contribution in [1.82, 2.24) is 4.98 Å². The molecule has 1 aliphatic carbocycles. The summed E-state index contributed by atoms with van der Waals surface area (Å²) in [5.41, 5.74) is 1.05. The molecule has 2 unspecified atom stereocenters. The van der Waals surface area contributed by atoms with Crippen LogP contribution < -0.4 is 10.1 Å². The van der Waals surface area contributed by atoms with Crippen molar-refractivity contribution in [3.63, 3.8) is 0 Å². The van der Waals surface area contributed by atoms with Crippen LogP contribution >= 0.6 is 0 Å². The summed E-state index contributed by atoms with van der Waals surface area (Å²) >= 11 is 0. The lowest BCUT2D eigenvalue weighted by molar-refractivity contribution is 0.0669. The number of nitrogens with zero attached hydrogens (tertiary/aromatic N) is 1. The lowest BCUT2D eigenvalue weighted by Crippen LogP contribution is -2.31. The van der Waals surface area contributed by atoms with E-state index in [4.69, 9.17) is 9.47 Å². The van der Waals surface area contributed by atoms with Gasteiger partial charge in [0.2, 0.25) is 5.88 Å². The van der Waals surface area contributed by atoms with E-state index in [1.54, 1.807) is 14.2 Å². The Kier molecular flexibility index (Phi) is 4.20. The van der Waals surface area contributed by atoms with E-state index in [1.165, 1.54) is 19.3 Å². The highest BCUT2D eigenvalue weighted by Crippen LogP contribution is 2.24. The minimum atomic E-state index is 0.396. The molecule has 2 atom stereocenters. The van der Waals surface area contributed by atoms with Gasteiger partial charge in [0.15, 0.2) is 0 Å². The zero-order chi connectivity index (χ0) is 12.1. The number of ether oxygens (including phenoxy) is 2. The van der Waals surface area contributed by atoms with Gasteiger partial charge < -0.3 is 14.8 Å². The average Bonchev–Trinajstić information content (AvgIpc) is 2.40. The van der Waals surface area contributed by atoms with Crippen LogP contribution in [0.15, 0.2) is 18.3 Å². The van der Waals surface area contributed by atoms with Crippen LogP contribution in [0.5, 0.6) is 5.88 Å². The number of rotatable bonds is 4. The summed E-state index contributed by atoms with van der Waals surface area (Å²) in [6.45, 7) is 0.